The van der Waals surface area contributed by atoms with Crippen LogP contribution in [-0.4, -0.2) is 19.5 Å². The van der Waals surface area contributed by atoms with Crippen LogP contribution >= 0.6 is 11.9 Å². The first kappa shape index (κ1) is 16.5. The van der Waals surface area contributed by atoms with Crippen molar-refractivity contribution in [1.29, 1.82) is 0 Å². The summed E-state index contributed by atoms with van der Waals surface area (Å²) in [6.07, 6.45) is 9.80. The zero-order valence-corrected chi connectivity index (χ0v) is 15.2. The fourth-order valence-electron chi connectivity index (χ4n) is 2.86. The Morgan fingerprint density at radius 3 is 2.70 bits per heavy atom. The minimum Gasteiger partial charge on any atom is -0.275 e. The van der Waals surface area contributed by atoms with Crippen LogP contribution in [0.3, 0.4) is 0 Å². The Kier molecular flexibility index (Phi) is 4.78. The van der Waals surface area contributed by atoms with Crippen LogP contribution in [0.15, 0.2) is 30.7 Å². The molecule has 5 heteroatoms. The second-order valence-electron chi connectivity index (χ2n) is 7.34. The molecule has 2 aromatic rings. The molecule has 1 atom stereocenters. The number of aromatic nitrogens is 3. The Balaban J connectivity index is 1.92. The molecule has 0 spiro atoms. The number of nitrogens with zero attached hydrogens (tertiary/aromatic N) is 3. The fraction of sp³-hybridized carbons (Fsp3) is 0.556. The standard InChI is InChI=1S/C18H26N4S/c1-18(2,3)23-21-16(13-7-5-8-13)17-15(9-6-10-19-17)14-11-20-22(4)12-14/h6,9-13,16,21H,5,7-8H2,1-4H3. The summed E-state index contributed by atoms with van der Waals surface area (Å²) in [6, 6.07) is 4.47. The van der Waals surface area contributed by atoms with Gasteiger partial charge in [-0.15, -0.1) is 0 Å². The smallest absolute Gasteiger partial charge is 0.0664 e. The van der Waals surface area contributed by atoms with Crippen LogP contribution in [0.1, 0.15) is 51.8 Å². The Morgan fingerprint density at radius 2 is 2.13 bits per heavy atom. The zero-order chi connectivity index (χ0) is 16.4. The maximum absolute atomic E-state index is 4.76. The number of nitrogens with one attached hydrogen (secondary N) is 1. The van der Waals surface area contributed by atoms with E-state index in [1.54, 1.807) is 0 Å². The summed E-state index contributed by atoms with van der Waals surface area (Å²) in [5.74, 6) is 0.676. The lowest BCUT2D eigenvalue weighted by Gasteiger charge is -2.36. The van der Waals surface area contributed by atoms with Crippen LogP contribution in [0.5, 0.6) is 0 Å². The molecule has 2 heterocycles. The molecule has 0 amide bonds. The van der Waals surface area contributed by atoms with E-state index in [4.69, 9.17) is 4.98 Å². The van der Waals surface area contributed by atoms with Crippen molar-refractivity contribution in [2.75, 3.05) is 0 Å². The van der Waals surface area contributed by atoms with Gasteiger partial charge in [-0.3, -0.25) is 14.4 Å². The molecule has 23 heavy (non-hydrogen) atoms. The van der Waals surface area contributed by atoms with Gasteiger partial charge in [-0.25, -0.2) is 0 Å². The fourth-order valence-corrected chi connectivity index (χ4v) is 3.64. The summed E-state index contributed by atoms with van der Waals surface area (Å²) >= 11 is 1.81. The van der Waals surface area contributed by atoms with Crippen LogP contribution in [0.4, 0.5) is 0 Å². The molecule has 1 saturated carbocycles. The lowest BCUT2D eigenvalue weighted by Crippen LogP contribution is -2.32. The lowest BCUT2D eigenvalue weighted by molar-refractivity contribution is 0.251. The lowest BCUT2D eigenvalue weighted by atomic mass is 9.78. The highest BCUT2D eigenvalue weighted by atomic mass is 32.2. The summed E-state index contributed by atoms with van der Waals surface area (Å²) in [5.41, 5.74) is 3.49. The number of pyridine rings is 1. The maximum atomic E-state index is 4.76. The van der Waals surface area contributed by atoms with Crippen molar-refractivity contribution >= 4 is 11.9 Å². The van der Waals surface area contributed by atoms with Crippen molar-refractivity contribution in [3.8, 4) is 11.1 Å². The molecule has 4 nitrogen and oxygen atoms in total. The first-order chi connectivity index (χ1) is 10.9. The Hall–Kier alpha value is -1.33. The topological polar surface area (TPSA) is 42.7 Å². The molecule has 0 aliphatic heterocycles. The Morgan fingerprint density at radius 1 is 1.35 bits per heavy atom. The molecule has 1 aliphatic carbocycles. The molecular weight excluding hydrogens is 304 g/mol. The van der Waals surface area contributed by atoms with Gasteiger partial charge in [0.05, 0.1) is 17.9 Å². The quantitative estimate of drug-likeness (QED) is 0.827. The molecule has 0 radical (unpaired) electrons. The molecule has 0 bridgehead atoms. The zero-order valence-electron chi connectivity index (χ0n) is 14.4. The highest BCUT2D eigenvalue weighted by Gasteiger charge is 2.32. The van der Waals surface area contributed by atoms with Gasteiger partial charge in [0.15, 0.2) is 0 Å². The van der Waals surface area contributed by atoms with Gasteiger partial charge in [-0.2, -0.15) is 5.10 Å². The molecular formula is C18H26N4S. The summed E-state index contributed by atoms with van der Waals surface area (Å²) < 4.78 is 5.76. The summed E-state index contributed by atoms with van der Waals surface area (Å²) in [4.78, 5) is 4.76. The van der Waals surface area contributed by atoms with Crippen molar-refractivity contribution in [2.45, 2.75) is 50.8 Å². The van der Waals surface area contributed by atoms with Gasteiger partial charge in [0.2, 0.25) is 0 Å². The summed E-state index contributed by atoms with van der Waals surface area (Å²) in [6.45, 7) is 6.72. The minimum absolute atomic E-state index is 0.186. The third-order valence-electron chi connectivity index (χ3n) is 4.26. The molecule has 1 unspecified atom stereocenters. The van der Waals surface area contributed by atoms with Crippen LogP contribution in [0.2, 0.25) is 0 Å². The van der Waals surface area contributed by atoms with Crippen LogP contribution in [-0.2, 0) is 7.05 Å². The summed E-state index contributed by atoms with van der Waals surface area (Å²) in [5, 5.41) is 4.32. The Bertz CT molecular complexity index is 655. The first-order valence-electron chi connectivity index (χ1n) is 8.31. The minimum atomic E-state index is 0.186. The van der Waals surface area contributed by atoms with E-state index in [1.807, 2.05) is 42.1 Å². The van der Waals surface area contributed by atoms with E-state index in [0.29, 0.717) is 12.0 Å². The van der Waals surface area contributed by atoms with Crippen LogP contribution in [0.25, 0.3) is 11.1 Å². The number of aryl methyl sites for hydroxylation is 1. The van der Waals surface area contributed by atoms with Gasteiger partial charge >= 0.3 is 0 Å². The van der Waals surface area contributed by atoms with Gasteiger partial charge < -0.3 is 0 Å². The maximum Gasteiger partial charge on any atom is 0.0664 e. The molecule has 1 aliphatic rings. The number of hydrogen-bond donors (Lipinski definition) is 1. The second kappa shape index (κ2) is 6.65. The van der Waals surface area contributed by atoms with E-state index in [0.717, 1.165) is 11.3 Å². The van der Waals surface area contributed by atoms with E-state index < -0.39 is 0 Å². The monoisotopic (exact) mass is 330 g/mol. The SMILES string of the molecule is Cn1cc(-c2cccnc2C(NSC(C)(C)C)C2CCC2)cn1. The van der Waals surface area contributed by atoms with Crippen molar-refractivity contribution in [3.05, 3.63) is 36.4 Å². The van der Waals surface area contributed by atoms with Crippen molar-refractivity contribution in [2.24, 2.45) is 13.0 Å². The van der Waals surface area contributed by atoms with Crippen LogP contribution < -0.4 is 4.72 Å². The normalized spacial score (nSPS) is 17.0. The molecule has 2 aromatic heterocycles. The van der Waals surface area contributed by atoms with E-state index >= 15 is 0 Å². The van der Waals surface area contributed by atoms with Crippen molar-refractivity contribution in [3.63, 3.8) is 0 Å². The number of rotatable bonds is 5. The third kappa shape index (κ3) is 3.96. The second-order valence-corrected chi connectivity index (χ2v) is 9.00. The summed E-state index contributed by atoms with van der Waals surface area (Å²) in [7, 11) is 1.96. The highest BCUT2D eigenvalue weighted by Crippen LogP contribution is 2.41. The number of hydrogen-bond acceptors (Lipinski definition) is 4. The average molecular weight is 331 g/mol. The predicted molar refractivity (Wildman–Crippen MR) is 97.0 cm³/mol. The highest BCUT2D eigenvalue weighted by molar-refractivity contribution is 7.98. The van der Waals surface area contributed by atoms with Gasteiger partial charge in [0.1, 0.15) is 0 Å². The Labute approximate surface area is 143 Å². The van der Waals surface area contributed by atoms with E-state index in [2.05, 4.69) is 42.9 Å². The molecule has 0 saturated heterocycles. The molecule has 1 fully saturated rings. The van der Waals surface area contributed by atoms with Gasteiger partial charge in [0.25, 0.3) is 0 Å². The average Bonchev–Trinajstić information content (AvgIpc) is 2.87. The van der Waals surface area contributed by atoms with Crippen LogP contribution in [0, 0.1) is 5.92 Å². The largest absolute Gasteiger partial charge is 0.275 e. The molecule has 3 rings (SSSR count). The van der Waals surface area contributed by atoms with Crippen molar-refractivity contribution < 1.29 is 0 Å². The van der Waals surface area contributed by atoms with Gasteiger partial charge in [0, 0.05) is 35.3 Å². The predicted octanol–water partition coefficient (Wildman–Crippen LogP) is 4.36. The first-order valence-corrected chi connectivity index (χ1v) is 9.13. The van der Waals surface area contributed by atoms with E-state index in [1.165, 1.54) is 24.8 Å². The van der Waals surface area contributed by atoms with Gasteiger partial charge in [-0.1, -0.05) is 24.4 Å². The van der Waals surface area contributed by atoms with E-state index in [9.17, 15) is 0 Å². The third-order valence-corrected chi connectivity index (χ3v) is 5.25. The van der Waals surface area contributed by atoms with Crippen molar-refractivity contribution in [1.82, 2.24) is 19.5 Å². The van der Waals surface area contributed by atoms with E-state index in [-0.39, 0.29) is 4.75 Å². The van der Waals surface area contributed by atoms with Gasteiger partial charge in [-0.05, 0) is 45.6 Å². The molecule has 1 N–H and O–H groups in total. The molecule has 124 valence electrons. The molecule has 0 aromatic carbocycles.